The first kappa shape index (κ1) is 14.3. The van der Waals surface area contributed by atoms with E-state index in [9.17, 15) is 4.39 Å². The average molecular weight is 306 g/mol. The summed E-state index contributed by atoms with van der Waals surface area (Å²) in [6.07, 6.45) is 0.883. The number of nitrogens with zero attached hydrogens (tertiary/aromatic N) is 3. The van der Waals surface area contributed by atoms with E-state index in [0.717, 1.165) is 35.6 Å². The van der Waals surface area contributed by atoms with E-state index in [2.05, 4.69) is 9.97 Å². The lowest BCUT2D eigenvalue weighted by Crippen LogP contribution is -2.18. The Bertz CT molecular complexity index is 700. The molecule has 5 heteroatoms. The van der Waals surface area contributed by atoms with Gasteiger partial charge in [-0.25, -0.2) is 14.4 Å². The Balaban J connectivity index is 2.13. The summed E-state index contributed by atoms with van der Waals surface area (Å²) in [5.41, 5.74) is 2.84. The van der Waals surface area contributed by atoms with Crippen LogP contribution in [0.4, 0.5) is 15.9 Å². The Labute approximate surface area is 128 Å². The molecule has 0 unspecified atom stereocenters. The first-order valence-electron chi connectivity index (χ1n) is 7.07. The smallest absolute Gasteiger partial charge is 0.141 e. The maximum absolute atomic E-state index is 13.6. The Morgan fingerprint density at radius 2 is 2.05 bits per heavy atom. The maximum atomic E-state index is 13.6. The van der Waals surface area contributed by atoms with Gasteiger partial charge < -0.3 is 4.90 Å². The molecule has 0 aliphatic carbocycles. The molecule has 1 aliphatic heterocycles. The molecule has 110 valence electrons. The number of anilines is 2. The fourth-order valence-corrected chi connectivity index (χ4v) is 2.76. The van der Waals surface area contributed by atoms with Crippen LogP contribution >= 0.6 is 11.6 Å². The SMILES string of the molecule is Cc1c(Cl)nc(C(C)C)nc1N1CCc2ccc(F)cc21. The van der Waals surface area contributed by atoms with E-state index in [1.807, 2.05) is 31.7 Å². The van der Waals surface area contributed by atoms with Crippen LogP contribution in [-0.2, 0) is 6.42 Å². The number of hydrogen-bond donors (Lipinski definition) is 0. The molecule has 1 aliphatic rings. The summed E-state index contributed by atoms with van der Waals surface area (Å²) < 4.78 is 13.6. The number of hydrogen-bond acceptors (Lipinski definition) is 3. The van der Waals surface area contributed by atoms with Crippen molar-refractivity contribution in [3.05, 3.63) is 46.1 Å². The molecule has 0 saturated carbocycles. The van der Waals surface area contributed by atoms with Crippen LogP contribution in [0.15, 0.2) is 18.2 Å². The molecule has 0 spiro atoms. The monoisotopic (exact) mass is 305 g/mol. The minimum atomic E-state index is -0.234. The minimum Gasteiger partial charge on any atom is -0.325 e. The minimum absolute atomic E-state index is 0.191. The van der Waals surface area contributed by atoms with Gasteiger partial charge in [0.05, 0.1) is 0 Å². The molecule has 21 heavy (non-hydrogen) atoms. The summed E-state index contributed by atoms with van der Waals surface area (Å²) in [6.45, 7) is 6.74. The highest BCUT2D eigenvalue weighted by Gasteiger charge is 2.25. The molecule has 3 nitrogen and oxygen atoms in total. The van der Waals surface area contributed by atoms with Gasteiger partial charge >= 0.3 is 0 Å². The lowest BCUT2D eigenvalue weighted by Gasteiger charge is -2.22. The molecule has 0 atom stereocenters. The summed E-state index contributed by atoms with van der Waals surface area (Å²) in [7, 11) is 0. The van der Waals surface area contributed by atoms with Gasteiger partial charge in [-0.15, -0.1) is 0 Å². The third kappa shape index (κ3) is 2.48. The summed E-state index contributed by atoms with van der Waals surface area (Å²) in [4.78, 5) is 11.0. The molecule has 2 aromatic rings. The van der Waals surface area contributed by atoms with Crippen LogP contribution in [0, 0.1) is 12.7 Å². The second-order valence-corrected chi connectivity index (χ2v) is 6.01. The average Bonchev–Trinajstić information content (AvgIpc) is 2.84. The zero-order valence-electron chi connectivity index (χ0n) is 12.3. The van der Waals surface area contributed by atoms with Gasteiger partial charge in [-0.2, -0.15) is 0 Å². The molecule has 1 aromatic heterocycles. The Kier molecular flexibility index (Phi) is 3.57. The normalized spacial score (nSPS) is 13.9. The molecular weight excluding hydrogens is 289 g/mol. The van der Waals surface area contributed by atoms with Crippen molar-refractivity contribution in [2.45, 2.75) is 33.1 Å². The van der Waals surface area contributed by atoms with E-state index in [1.165, 1.54) is 6.07 Å². The zero-order valence-corrected chi connectivity index (χ0v) is 13.1. The van der Waals surface area contributed by atoms with Crippen LogP contribution in [0.1, 0.15) is 36.7 Å². The standard InChI is InChI=1S/C16H17ClFN3/c1-9(2)15-19-14(17)10(3)16(20-15)21-7-6-11-4-5-12(18)8-13(11)21/h4-5,8-9H,6-7H2,1-3H3. The van der Waals surface area contributed by atoms with Gasteiger partial charge in [-0.05, 0) is 31.0 Å². The summed E-state index contributed by atoms with van der Waals surface area (Å²) in [6, 6.07) is 4.90. The Morgan fingerprint density at radius 3 is 2.76 bits per heavy atom. The predicted molar refractivity (Wildman–Crippen MR) is 83.0 cm³/mol. The van der Waals surface area contributed by atoms with E-state index in [1.54, 1.807) is 6.07 Å². The molecule has 0 saturated heterocycles. The Hall–Kier alpha value is -1.68. The molecule has 1 aromatic carbocycles. The van der Waals surface area contributed by atoms with Gasteiger partial charge in [0.2, 0.25) is 0 Å². The number of aromatic nitrogens is 2. The fraction of sp³-hybridized carbons (Fsp3) is 0.375. The van der Waals surface area contributed by atoms with Crippen LogP contribution in [0.3, 0.4) is 0 Å². The van der Waals surface area contributed by atoms with Gasteiger partial charge in [-0.3, -0.25) is 0 Å². The Morgan fingerprint density at radius 1 is 1.29 bits per heavy atom. The van der Waals surface area contributed by atoms with Crippen molar-refractivity contribution >= 4 is 23.1 Å². The molecule has 2 heterocycles. The molecule has 0 fully saturated rings. The van der Waals surface area contributed by atoms with Crippen molar-refractivity contribution in [3.8, 4) is 0 Å². The van der Waals surface area contributed by atoms with Gasteiger partial charge in [0, 0.05) is 23.7 Å². The summed E-state index contributed by atoms with van der Waals surface area (Å²) in [5, 5.41) is 0.466. The van der Waals surface area contributed by atoms with E-state index < -0.39 is 0 Å². The molecule has 0 N–H and O–H groups in total. The molecule has 0 amide bonds. The molecule has 0 radical (unpaired) electrons. The highest BCUT2D eigenvalue weighted by Crippen LogP contribution is 2.37. The van der Waals surface area contributed by atoms with Crippen molar-refractivity contribution in [2.75, 3.05) is 11.4 Å². The summed E-state index contributed by atoms with van der Waals surface area (Å²) >= 11 is 6.25. The third-order valence-corrected chi connectivity index (χ3v) is 4.16. The maximum Gasteiger partial charge on any atom is 0.141 e. The lowest BCUT2D eigenvalue weighted by atomic mass is 10.1. The van der Waals surface area contributed by atoms with Crippen molar-refractivity contribution in [1.82, 2.24) is 9.97 Å². The first-order valence-corrected chi connectivity index (χ1v) is 7.45. The quantitative estimate of drug-likeness (QED) is 0.770. The largest absolute Gasteiger partial charge is 0.325 e. The first-order chi connectivity index (χ1) is 9.97. The van der Waals surface area contributed by atoms with Crippen LogP contribution < -0.4 is 4.90 Å². The van der Waals surface area contributed by atoms with Gasteiger partial charge in [0.1, 0.15) is 22.6 Å². The van der Waals surface area contributed by atoms with E-state index in [0.29, 0.717) is 11.0 Å². The highest BCUT2D eigenvalue weighted by atomic mass is 35.5. The highest BCUT2D eigenvalue weighted by molar-refractivity contribution is 6.30. The van der Waals surface area contributed by atoms with E-state index >= 15 is 0 Å². The van der Waals surface area contributed by atoms with Crippen molar-refractivity contribution in [1.29, 1.82) is 0 Å². The molecule has 3 rings (SSSR count). The predicted octanol–water partition coefficient (Wildman–Crippen LogP) is 4.40. The summed E-state index contributed by atoms with van der Waals surface area (Å²) in [5.74, 6) is 1.45. The van der Waals surface area contributed by atoms with Crippen molar-refractivity contribution in [2.24, 2.45) is 0 Å². The van der Waals surface area contributed by atoms with Crippen molar-refractivity contribution in [3.63, 3.8) is 0 Å². The second kappa shape index (κ2) is 5.26. The van der Waals surface area contributed by atoms with Gasteiger partial charge in [-0.1, -0.05) is 31.5 Å². The van der Waals surface area contributed by atoms with Gasteiger partial charge in [0.25, 0.3) is 0 Å². The lowest BCUT2D eigenvalue weighted by molar-refractivity contribution is 0.628. The second-order valence-electron chi connectivity index (χ2n) is 5.65. The zero-order chi connectivity index (χ0) is 15.1. The van der Waals surface area contributed by atoms with Crippen LogP contribution in [0.2, 0.25) is 5.15 Å². The van der Waals surface area contributed by atoms with Crippen LogP contribution in [0.25, 0.3) is 0 Å². The number of benzene rings is 1. The molecule has 0 bridgehead atoms. The topological polar surface area (TPSA) is 29.0 Å². The van der Waals surface area contributed by atoms with Gasteiger partial charge in [0.15, 0.2) is 0 Å². The van der Waals surface area contributed by atoms with Crippen LogP contribution in [0.5, 0.6) is 0 Å². The molecular formula is C16H17ClFN3. The van der Waals surface area contributed by atoms with E-state index in [-0.39, 0.29) is 11.7 Å². The fourth-order valence-electron chi connectivity index (χ4n) is 2.59. The van der Waals surface area contributed by atoms with Crippen LogP contribution in [-0.4, -0.2) is 16.5 Å². The third-order valence-electron chi connectivity index (χ3n) is 3.79. The number of fused-ring (bicyclic) bond motifs is 1. The number of rotatable bonds is 2. The van der Waals surface area contributed by atoms with E-state index in [4.69, 9.17) is 11.6 Å². The number of halogens is 2. The van der Waals surface area contributed by atoms with Crippen molar-refractivity contribution < 1.29 is 4.39 Å².